The van der Waals surface area contributed by atoms with E-state index in [-0.39, 0.29) is 24.8 Å². The molecule has 1 fully saturated rings. The molecule has 0 bridgehead atoms. The van der Waals surface area contributed by atoms with Crippen molar-refractivity contribution in [2.45, 2.75) is 18.9 Å². The van der Waals surface area contributed by atoms with Crippen LogP contribution in [0.1, 0.15) is 23.9 Å². The van der Waals surface area contributed by atoms with E-state index >= 15 is 0 Å². The zero-order chi connectivity index (χ0) is 9.10. The molecule has 2 rings (SSSR count). The minimum atomic E-state index is 0. The molecule has 2 N–H and O–H groups in total. The quantitative estimate of drug-likeness (QED) is 0.914. The second-order valence-corrected chi connectivity index (χ2v) is 4.29. The highest BCUT2D eigenvalue weighted by Gasteiger charge is 2.23. The highest BCUT2D eigenvalue weighted by atomic mass is 35.5. The van der Waals surface area contributed by atoms with Gasteiger partial charge >= 0.3 is 0 Å². The summed E-state index contributed by atoms with van der Waals surface area (Å²) >= 11 is 1.71. The summed E-state index contributed by atoms with van der Waals surface area (Å²) in [7, 11) is 0. The highest BCUT2D eigenvalue weighted by molar-refractivity contribution is 7.09. The Hall–Kier alpha value is 0.130. The van der Waals surface area contributed by atoms with Crippen molar-refractivity contribution in [3.05, 3.63) is 16.6 Å². The van der Waals surface area contributed by atoms with Crippen LogP contribution in [0.25, 0.3) is 0 Å². The second-order valence-electron chi connectivity index (χ2n) is 3.36. The molecular formula is C9H17Cl2N3S. The number of hydrogen-bond acceptors (Lipinski definition) is 4. The molecule has 15 heavy (non-hydrogen) atoms. The molecule has 1 aliphatic rings. The summed E-state index contributed by atoms with van der Waals surface area (Å²) in [6, 6.07) is 0.363. The predicted molar refractivity (Wildman–Crippen MR) is 69.2 cm³/mol. The molecule has 1 saturated heterocycles. The third-order valence-corrected chi connectivity index (χ3v) is 3.42. The van der Waals surface area contributed by atoms with Gasteiger partial charge in [-0.05, 0) is 25.9 Å². The van der Waals surface area contributed by atoms with Crippen LogP contribution in [-0.4, -0.2) is 29.5 Å². The van der Waals surface area contributed by atoms with Crippen LogP contribution in [-0.2, 0) is 0 Å². The molecule has 3 nitrogen and oxygen atoms in total. The van der Waals surface area contributed by atoms with Crippen LogP contribution in [0.5, 0.6) is 0 Å². The van der Waals surface area contributed by atoms with Crippen molar-refractivity contribution in [1.82, 2.24) is 9.88 Å². The van der Waals surface area contributed by atoms with Gasteiger partial charge in [-0.3, -0.25) is 4.90 Å². The summed E-state index contributed by atoms with van der Waals surface area (Å²) in [4.78, 5) is 6.77. The van der Waals surface area contributed by atoms with Crippen molar-refractivity contribution in [2.75, 3.05) is 19.6 Å². The SMILES string of the molecule is Cl.Cl.NCC(c1nccs1)N1CCCC1. The highest BCUT2D eigenvalue weighted by Crippen LogP contribution is 2.25. The van der Waals surface area contributed by atoms with E-state index in [9.17, 15) is 0 Å². The van der Waals surface area contributed by atoms with Crippen molar-refractivity contribution >= 4 is 36.2 Å². The lowest BCUT2D eigenvalue weighted by molar-refractivity contribution is 0.251. The number of hydrogen-bond donors (Lipinski definition) is 1. The number of thiazole rings is 1. The average molecular weight is 270 g/mol. The lowest BCUT2D eigenvalue weighted by Crippen LogP contribution is -2.31. The van der Waals surface area contributed by atoms with Crippen molar-refractivity contribution in [3.8, 4) is 0 Å². The fourth-order valence-electron chi connectivity index (χ4n) is 1.86. The van der Waals surface area contributed by atoms with E-state index in [4.69, 9.17) is 5.73 Å². The third-order valence-electron chi connectivity index (χ3n) is 2.54. The Balaban J connectivity index is 0.000000980. The zero-order valence-corrected chi connectivity index (χ0v) is 10.9. The largest absolute Gasteiger partial charge is 0.329 e. The van der Waals surface area contributed by atoms with Crippen LogP contribution in [0.15, 0.2) is 11.6 Å². The molecular weight excluding hydrogens is 253 g/mol. The van der Waals surface area contributed by atoms with Crippen molar-refractivity contribution in [3.63, 3.8) is 0 Å². The Labute approximate surface area is 107 Å². The smallest absolute Gasteiger partial charge is 0.111 e. The summed E-state index contributed by atoms with van der Waals surface area (Å²) in [6.07, 6.45) is 4.47. The van der Waals surface area contributed by atoms with Gasteiger partial charge in [-0.25, -0.2) is 4.98 Å². The second kappa shape index (κ2) is 7.41. The average Bonchev–Trinajstić information content (AvgIpc) is 2.76. The Kier molecular flexibility index (Phi) is 7.48. The number of nitrogens with two attached hydrogens (primary N) is 1. The Morgan fingerprint density at radius 3 is 2.53 bits per heavy atom. The third kappa shape index (κ3) is 3.57. The fourth-order valence-corrected chi connectivity index (χ4v) is 2.64. The van der Waals surface area contributed by atoms with Crippen molar-refractivity contribution in [2.24, 2.45) is 5.73 Å². The number of likely N-dealkylation sites (tertiary alicyclic amines) is 1. The first kappa shape index (κ1) is 15.1. The van der Waals surface area contributed by atoms with Gasteiger partial charge < -0.3 is 5.73 Å². The maximum absolute atomic E-state index is 5.77. The molecule has 6 heteroatoms. The zero-order valence-electron chi connectivity index (χ0n) is 8.46. The van der Waals surface area contributed by atoms with E-state index < -0.39 is 0 Å². The molecule has 0 radical (unpaired) electrons. The molecule has 1 aliphatic heterocycles. The van der Waals surface area contributed by atoms with Gasteiger partial charge in [0.2, 0.25) is 0 Å². The maximum Gasteiger partial charge on any atom is 0.111 e. The van der Waals surface area contributed by atoms with Gasteiger partial charge in [0.05, 0.1) is 6.04 Å². The summed E-state index contributed by atoms with van der Waals surface area (Å²) in [5.74, 6) is 0. The molecule has 1 atom stereocenters. The van der Waals surface area contributed by atoms with Crippen molar-refractivity contribution in [1.29, 1.82) is 0 Å². The minimum absolute atomic E-state index is 0. The number of nitrogens with zero attached hydrogens (tertiary/aromatic N) is 2. The monoisotopic (exact) mass is 269 g/mol. The molecule has 1 aromatic rings. The van der Waals surface area contributed by atoms with Gasteiger partial charge in [-0.15, -0.1) is 36.2 Å². The summed E-state index contributed by atoms with van der Waals surface area (Å²) in [5, 5.41) is 3.19. The van der Waals surface area contributed by atoms with Gasteiger partial charge in [0.1, 0.15) is 5.01 Å². The normalized spacial score (nSPS) is 17.9. The first-order valence-corrected chi connectivity index (χ1v) is 5.63. The van der Waals surface area contributed by atoms with E-state index in [1.807, 2.05) is 11.6 Å². The topological polar surface area (TPSA) is 42.1 Å². The molecule has 0 saturated carbocycles. The van der Waals surface area contributed by atoms with E-state index in [0.29, 0.717) is 12.6 Å². The predicted octanol–water partition coefficient (Wildman–Crippen LogP) is 2.08. The van der Waals surface area contributed by atoms with Crippen molar-refractivity contribution < 1.29 is 0 Å². The maximum atomic E-state index is 5.77. The molecule has 1 unspecified atom stereocenters. The summed E-state index contributed by atoms with van der Waals surface area (Å²) in [6.45, 7) is 3.05. The van der Waals surface area contributed by atoms with Gasteiger partial charge in [-0.2, -0.15) is 0 Å². The molecule has 0 aliphatic carbocycles. The molecule has 0 aromatic carbocycles. The van der Waals surface area contributed by atoms with E-state index in [1.165, 1.54) is 30.9 Å². The molecule has 0 amide bonds. The van der Waals surface area contributed by atoms with Gasteiger partial charge in [-0.1, -0.05) is 0 Å². The first-order chi connectivity index (χ1) is 6.42. The Morgan fingerprint density at radius 1 is 1.40 bits per heavy atom. The molecule has 88 valence electrons. The minimum Gasteiger partial charge on any atom is -0.329 e. The van der Waals surface area contributed by atoms with Crippen LogP contribution < -0.4 is 5.73 Å². The van der Waals surface area contributed by atoms with E-state index in [0.717, 1.165) is 0 Å². The summed E-state index contributed by atoms with van der Waals surface area (Å²) in [5.41, 5.74) is 5.77. The van der Waals surface area contributed by atoms with Crippen LogP contribution in [0.2, 0.25) is 0 Å². The number of rotatable bonds is 3. The van der Waals surface area contributed by atoms with E-state index in [2.05, 4.69) is 9.88 Å². The molecule has 2 heterocycles. The fraction of sp³-hybridized carbons (Fsp3) is 0.667. The lowest BCUT2D eigenvalue weighted by Gasteiger charge is -2.23. The Bertz CT molecular complexity index is 250. The number of aromatic nitrogens is 1. The Morgan fingerprint density at radius 2 is 2.07 bits per heavy atom. The van der Waals surface area contributed by atoms with Crippen LogP contribution >= 0.6 is 36.2 Å². The van der Waals surface area contributed by atoms with E-state index in [1.54, 1.807) is 11.3 Å². The lowest BCUT2D eigenvalue weighted by atomic mass is 10.3. The van der Waals surface area contributed by atoms with Gasteiger partial charge in [0.25, 0.3) is 0 Å². The first-order valence-electron chi connectivity index (χ1n) is 4.75. The standard InChI is InChI=1S/C9H15N3S.2ClH/c10-7-8(9-11-3-6-13-9)12-4-1-2-5-12;;/h3,6,8H,1-2,4-5,7,10H2;2*1H. The van der Waals surface area contributed by atoms with Gasteiger partial charge in [0, 0.05) is 18.1 Å². The van der Waals surface area contributed by atoms with Crippen LogP contribution in [0.3, 0.4) is 0 Å². The number of halogens is 2. The summed E-state index contributed by atoms with van der Waals surface area (Å²) < 4.78 is 0. The molecule has 1 aromatic heterocycles. The van der Waals surface area contributed by atoms with Crippen LogP contribution in [0.4, 0.5) is 0 Å². The van der Waals surface area contributed by atoms with Crippen LogP contribution in [0, 0.1) is 0 Å². The molecule has 0 spiro atoms. The van der Waals surface area contributed by atoms with Gasteiger partial charge in [0.15, 0.2) is 0 Å².